The zero-order valence-electron chi connectivity index (χ0n) is 21.3. The molecule has 2 saturated carbocycles. The second kappa shape index (κ2) is 10.5. The quantitative estimate of drug-likeness (QED) is 0.532. The largest absolute Gasteiger partial charge is 0.496 e. The number of aromatic amines is 1. The Hall–Kier alpha value is -2.87. The molecular formula is C28H34ClN3O5. The van der Waals surface area contributed by atoms with Crippen molar-refractivity contribution in [3.63, 3.8) is 0 Å². The van der Waals surface area contributed by atoms with Crippen LogP contribution in [0.1, 0.15) is 68.8 Å². The molecule has 0 spiro atoms. The van der Waals surface area contributed by atoms with Crippen molar-refractivity contribution in [1.82, 2.24) is 15.2 Å². The molecule has 9 heteroatoms. The number of aromatic nitrogens is 1. The summed E-state index contributed by atoms with van der Waals surface area (Å²) in [6.07, 6.45) is 5.61. The molecule has 2 heterocycles. The number of fused-ring (bicyclic) bond motifs is 2. The van der Waals surface area contributed by atoms with Crippen LogP contribution in [-0.2, 0) is 14.4 Å². The maximum Gasteiger partial charge on any atom is 0.271 e. The van der Waals surface area contributed by atoms with Gasteiger partial charge in [0.15, 0.2) is 5.78 Å². The molecule has 2 amide bonds. The van der Waals surface area contributed by atoms with Gasteiger partial charge < -0.3 is 19.9 Å². The molecule has 5 rings (SSSR count). The molecule has 37 heavy (non-hydrogen) atoms. The molecule has 1 aliphatic heterocycles. The van der Waals surface area contributed by atoms with Crippen molar-refractivity contribution in [2.24, 2.45) is 17.8 Å². The lowest BCUT2D eigenvalue weighted by molar-refractivity contribution is -0.131. The standard InChI is InChI=1S/C28H34ClN3O5/c1-3-22(33)20(12-15-6-5-9-23(15)34)31-27(35)26-17-8-4-7-16(17)14-32(26)28(36)21-13-18-24(37-2)11-10-19(29)25(18)30-21/h10-11,13,15-17,20,26,30H,3-9,12,14H2,1-2H3,(H,31,35)/t15-,16-,17-,20-,26-/m0/s1. The van der Waals surface area contributed by atoms with E-state index in [1.165, 1.54) is 0 Å². The lowest BCUT2D eigenvalue weighted by Crippen LogP contribution is -2.53. The zero-order valence-corrected chi connectivity index (χ0v) is 22.1. The van der Waals surface area contributed by atoms with Gasteiger partial charge in [0.2, 0.25) is 5.91 Å². The summed E-state index contributed by atoms with van der Waals surface area (Å²) in [7, 11) is 1.56. The molecule has 2 N–H and O–H groups in total. The lowest BCUT2D eigenvalue weighted by atomic mass is 9.91. The minimum absolute atomic E-state index is 0.0527. The number of carbonyl (C=O) groups is 4. The predicted molar refractivity (Wildman–Crippen MR) is 140 cm³/mol. The van der Waals surface area contributed by atoms with Gasteiger partial charge in [-0.15, -0.1) is 0 Å². The van der Waals surface area contributed by atoms with E-state index in [9.17, 15) is 19.2 Å². The SMILES string of the molecule is CCC(=O)[C@H](C[C@@H]1CCCC1=O)NC(=O)[C@@H]1[C@H]2CCC[C@H]2CN1C(=O)c1cc2c(OC)ccc(Cl)c2[nH]1. The number of methoxy groups -OCH3 is 1. The van der Waals surface area contributed by atoms with Crippen molar-refractivity contribution < 1.29 is 23.9 Å². The Bertz CT molecular complexity index is 1240. The third kappa shape index (κ3) is 4.76. The fraction of sp³-hybridized carbons (Fsp3) is 0.571. The summed E-state index contributed by atoms with van der Waals surface area (Å²) < 4.78 is 5.44. The number of rotatable bonds is 8. The van der Waals surface area contributed by atoms with Crippen LogP contribution in [0.5, 0.6) is 5.75 Å². The summed E-state index contributed by atoms with van der Waals surface area (Å²) in [5.41, 5.74) is 0.955. The van der Waals surface area contributed by atoms with E-state index in [1.54, 1.807) is 37.1 Å². The van der Waals surface area contributed by atoms with Gasteiger partial charge in [-0.05, 0) is 62.1 Å². The third-order valence-electron chi connectivity index (χ3n) is 8.58. The Morgan fingerprint density at radius 3 is 2.73 bits per heavy atom. The first-order valence-corrected chi connectivity index (χ1v) is 13.7. The van der Waals surface area contributed by atoms with Crippen molar-refractivity contribution in [2.45, 2.75) is 70.4 Å². The maximum atomic E-state index is 13.8. The number of hydrogen-bond acceptors (Lipinski definition) is 5. The van der Waals surface area contributed by atoms with E-state index in [2.05, 4.69) is 10.3 Å². The minimum atomic E-state index is -0.710. The van der Waals surface area contributed by atoms with Crippen LogP contribution in [0.4, 0.5) is 0 Å². The third-order valence-corrected chi connectivity index (χ3v) is 8.89. The van der Waals surface area contributed by atoms with Crippen LogP contribution in [0.3, 0.4) is 0 Å². The Labute approximate surface area is 221 Å². The number of ketones is 2. The van der Waals surface area contributed by atoms with Gasteiger partial charge in [0, 0.05) is 30.7 Å². The van der Waals surface area contributed by atoms with E-state index in [0.29, 0.717) is 46.8 Å². The monoisotopic (exact) mass is 527 g/mol. The number of likely N-dealkylation sites (tertiary alicyclic amines) is 1. The number of halogens is 1. The van der Waals surface area contributed by atoms with Crippen molar-refractivity contribution in [3.8, 4) is 5.75 Å². The highest BCUT2D eigenvalue weighted by Gasteiger charge is 2.50. The van der Waals surface area contributed by atoms with E-state index in [0.717, 1.165) is 32.1 Å². The van der Waals surface area contributed by atoms with E-state index >= 15 is 0 Å². The summed E-state index contributed by atoms with van der Waals surface area (Å²) in [4.78, 5) is 57.4. The first-order chi connectivity index (χ1) is 17.8. The number of hydrogen-bond donors (Lipinski definition) is 2. The summed E-state index contributed by atoms with van der Waals surface area (Å²) in [6.45, 7) is 2.26. The Morgan fingerprint density at radius 1 is 1.22 bits per heavy atom. The molecule has 2 aromatic rings. The normalized spacial score (nSPS) is 25.9. The number of nitrogens with zero attached hydrogens (tertiary/aromatic N) is 1. The van der Waals surface area contributed by atoms with Gasteiger partial charge in [-0.2, -0.15) is 0 Å². The number of amides is 2. The van der Waals surface area contributed by atoms with Crippen LogP contribution < -0.4 is 10.1 Å². The number of carbonyl (C=O) groups excluding carboxylic acids is 4. The Kier molecular flexibility index (Phi) is 7.30. The van der Waals surface area contributed by atoms with Crippen LogP contribution in [0.2, 0.25) is 5.02 Å². The number of ether oxygens (including phenoxy) is 1. The van der Waals surface area contributed by atoms with Crippen molar-refractivity contribution in [1.29, 1.82) is 0 Å². The first-order valence-electron chi connectivity index (χ1n) is 13.3. The highest BCUT2D eigenvalue weighted by Crippen LogP contribution is 2.43. The fourth-order valence-electron chi connectivity index (χ4n) is 6.65. The van der Waals surface area contributed by atoms with Crippen molar-refractivity contribution in [3.05, 3.63) is 28.9 Å². The highest BCUT2D eigenvalue weighted by atomic mass is 35.5. The predicted octanol–water partition coefficient (Wildman–Crippen LogP) is 4.29. The molecule has 198 valence electrons. The van der Waals surface area contributed by atoms with E-state index < -0.39 is 12.1 Å². The lowest BCUT2D eigenvalue weighted by Gasteiger charge is -2.29. The molecule has 0 bridgehead atoms. The maximum absolute atomic E-state index is 13.8. The van der Waals surface area contributed by atoms with Gasteiger partial charge in [0.25, 0.3) is 5.91 Å². The highest BCUT2D eigenvalue weighted by molar-refractivity contribution is 6.35. The van der Waals surface area contributed by atoms with Gasteiger partial charge in [-0.3, -0.25) is 19.2 Å². The molecule has 2 aliphatic carbocycles. The van der Waals surface area contributed by atoms with Crippen LogP contribution in [-0.4, -0.2) is 59.0 Å². The number of H-pyrrole nitrogens is 1. The van der Waals surface area contributed by atoms with Crippen LogP contribution in [0, 0.1) is 17.8 Å². The van der Waals surface area contributed by atoms with Gasteiger partial charge >= 0.3 is 0 Å². The Morgan fingerprint density at radius 2 is 2.03 bits per heavy atom. The zero-order chi connectivity index (χ0) is 26.3. The number of benzene rings is 1. The summed E-state index contributed by atoms with van der Waals surface area (Å²) >= 11 is 6.37. The van der Waals surface area contributed by atoms with Crippen molar-refractivity contribution >= 4 is 45.9 Å². The molecule has 1 aromatic carbocycles. The number of nitrogens with one attached hydrogen (secondary N) is 2. The van der Waals surface area contributed by atoms with Crippen LogP contribution >= 0.6 is 11.6 Å². The summed E-state index contributed by atoms with van der Waals surface area (Å²) in [5, 5.41) is 4.15. The summed E-state index contributed by atoms with van der Waals surface area (Å²) in [6, 6.07) is 3.82. The molecule has 1 aromatic heterocycles. The smallest absolute Gasteiger partial charge is 0.271 e. The summed E-state index contributed by atoms with van der Waals surface area (Å²) in [5.74, 6) is 0.238. The average molecular weight is 528 g/mol. The molecule has 5 atom stereocenters. The van der Waals surface area contributed by atoms with Crippen molar-refractivity contribution in [2.75, 3.05) is 13.7 Å². The molecule has 8 nitrogen and oxygen atoms in total. The van der Waals surface area contributed by atoms with Crippen LogP contribution in [0.15, 0.2) is 18.2 Å². The van der Waals surface area contributed by atoms with Gasteiger partial charge in [-0.25, -0.2) is 0 Å². The number of Topliss-reactive ketones (excluding diaryl/α,β-unsaturated/α-hetero) is 2. The molecule has 3 fully saturated rings. The van der Waals surface area contributed by atoms with E-state index in [4.69, 9.17) is 16.3 Å². The van der Waals surface area contributed by atoms with E-state index in [1.807, 2.05) is 0 Å². The second-order valence-corrected chi connectivity index (χ2v) is 11.1. The molecule has 3 aliphatic rings. The molecule has 0 unspecified atom stereocenters. The average Bonchev–Trinajstić information content (AvgIpc) is 3.67. The fourth-order valence-corrected chi connectivity index (χ4v) is 6.87. The molecule has 0 radical (unpaired) electrons. The van der Waals surface area contributed by atoms with E-state index in [-0.39, 0.29) is 47.6 Å². The van der Waals surface area contributed by atoms with Gasteiger partial charge in [0.1, 0.15) is 23.3 Å². The first kappa shape index (κ1) is 25.8. The Balaban J connectivity index is 1.41. The van der Waals surface area contributed by atoms with Crippen LogP contribution in [0.25, 0.3) is 10.9 Å². The van der Waals surface area contributed by atoms with Gasteiger partial charge in [0.05, 0.1) is 23.7 Å². The molecule has 1 saturated heterocycles. The van der Waals surface area contributed by atoms with Gasteiger partial charge in [-0.1, -0.05) is 24.9 Å². The minimum Gasteiger partial charge on any atom is -0.496 e. The second-order valence-electron chi connectivity index (χ2n) is 10.7. The molecular weight excluding hydrogens is 494 g/mol. The topological polar surface area (TPSA) is 109 Å².